The first-order valence-electron chi connectivity index (χ1n) is 5.89. The number of imidazole rings is 1. The summed E-state index contributed by atoms with van der Waals surface area (Å²) >= 11 is 11.3. The van der Waals surface area contributed by atoms with Crippen LogP contribution in [0.1, 0.15) is 0 Å². The molecule has 0 fully saturated rings. The van der Waals surface area contributed by atoms with Crippen molar-refractivity contribution in [1.82, 2.24) is 14.5 Å². The molecule has 0 aliphatic carbocycles. The zero-order valence-electron chi connectivity index (χ0n) is 10.1. The van der Waals surface area contributed by atoms with Crippen molar-refractivity contribution in [3.05, 3.63) is 40.3 Å². The van der Waals surface area contributed by atoms with Gasteiger partial charge in [-0.3, -0.25) is 4.57 Å². The standard InChI is InChI=1S/C13H8ClN3O2S/c14-7-3-9-12(15-5-7)17(13(20)16-9)8-1-2-10-11(4-8)19-6-18-10/h1-5H,6H2,(H,16,20). The number of rotatable bonds is 1. The number of aromatic amines is 1. The van der Waals surface area contributed by atoms with Gasteiger partial charge in [-0.15, -0.1) is 0 Å². The van der Waals surface area contributed by atoms with Crippen LogP contribution in [0, 0.1) is 4.77 Å². The summed E-state index contributed by atoms with van der Waals surface area (Å²) in [6, 6.07) is 7.44. The number of nitrogens with one attached hydrogen (secondary N) is 1. The fourth-order valence-corrected chi connectivity index (χ4v) is 2.69. The summed E-state index contributed by atoms with van der Waals surface area (Å²) in [5, 5.41) is 0.562. The molecular formula is C13H8ClN3O2S. The molecule has 7 heteroatoms. The third kappa shape index (κ3) is 1.69. The number of hydrogen-bond acceptors (Lipinski definition) is 4. The Morgan fingerprint density at radius 3 is 3.00 bits per heavy atom. The van der Waals surface area contributed by atoms with E-state index in [4.69, 9.17) is 33.3 Å². The Balaban J connectivity index is 1.98. The maximum atomic E-state index is 5.94. The molecule has 1 aliphatic heterocycles. The molecule has 1 aliphatic rings. The van der Waals surface area contributed by atoms with E-state index in [1.54, 1.807) is 12.3 Å². The third-order valence-electron chi connectivity index (χ3n) is 3.10. The van der Waals surface area contributed by atoms with Crippen LogP contribution in [0.25, 0.3) is 16.9 Å². The Morgan fingerprint density at radius 2 is 2.10 bits per heavy atom. The van der Waals surface area contributed by atoms with Gasteiger partial charge in [0.1, 0.15) is 0 Å². The smallest absolute Gasteiger partial charge is 0.231 e. The maximum absolute atomic E-state index is 5.94. The highest BCUT2D eigenvalue weighted by atomic mass is 35.5. The number of aromatic nitrogens is 3. The normalized spacial score (nSPS) is 13.1. The van der Waals surface area contributed by atoms with E-state index in [1.165, 1.54) is 0 Å². The fraction of sp³-hybridized carbons (Fsp3) is 0.0769. The molecule has 0 radical (unpaired) electrons. The molecule has 4 rings (SSSR count). The van der Waals surface area contributed by atoms with Crippen LogP contribution in [0.15, 0.2) is 30.5 Å². The van der Waals surface area contributed by atoms with Crippen LogP contribution in [0.2, 0.25) is 5.02 Å². The van der Waals surface area contributed by atoms with Gasteiger partial charge >= 0.3 is 0 Å². The molecule has 0 saturated heterocycles. The summed E-state index contributed by atoms with van der Waals surface area (Å²) < 4.78 is 13.1. The molecular weight excluding hydrogens is 298 g/mol. The van der Waals surface area contributed by atoms with Crippen molar-refractivity contribution in [3.8, 4) is 17.2 Å². The SMILES string of the molecule is S=c1[nH]c2cc(Cl)cnc2n1-c1ccc2c(c1)OCO2. The van der Waals surface area contributed by atoms with Gasteiger partial charge in [0, 0.05) is 12.3 Å². The van der Waals surface area contributed by atoms with Crippen LogP contribution in [0.5, 0.6) is 11.5 Å². The van der Waals surface area contributed by atoms with E-state index in [0.717, 1.165) is 22.6 Å². The summed E-state index contributed by atoms with van der Waals surface area (Å²) in [4.78, 5) is 7.43. The first-order chi connectivity index (χ1) is 9.72. The number of fused-ring (bicyclic) bond motifs is 2. The van der Waals surface area contributed by atoms with E-state index in [1.807, 2.05) is 22.8 Å². The Labute approximate surface area is 123 Å². The second kappa shape index (κ2) is 4.22. The first kappa shape index (κ1) is 11.7. The van der Waals surface area contributed by atoms with Crippen LogP contribution < -0.4 is 9.47 Å². The molecule has 0 atom stereocenters. The number of H-pyrrole nitrogens is 1. The second-order valence-corrected chi connectivity index (χ2v) is 5.15. The molecule has 0 unspecified atom stereocenters. The number of ether oxygens (including phenoxy) is 2. The van der Waals surface area contributed by atoms with E-state index in [9.17, 15) is 0 Å². The minimum Gasteiger partial charge on any atom is -0.454 e. The van der Waals surface area contributed by atoms with Gasteiger partial charge in [0.05, 0.1) is 16.2 Å². The van der Waals surface area contributed by atoms with Crippen LogP contribution in [0.4, 0.5) is 0 Å². The fourth-order valence-electron chi connectivity index (χ4n) is 2.23. The number of halogens is 1. The molecule has 0 spiro atoms. The van der Waals surface area contributed by atoms with E-state index >= 15 is 0 Å². The molecule has 1 N–H and O–H groups in total. The van der Waals surface area contributed by atoms with Crippen molar-refractivity contribution in [2.75, 3.05) is 6.79 Å². The van der Waals surface area contributed by atoms with Gasteiger partial charge in [0.25, 0.3) is 0 Å². The molecule has 0 bridgehead atoms. The number of nitrogens with zero attached hydrogens (tertiary/aromatic N) is 2. The van der Waals surface area contributed by atoms with Gasteiger partial charge in [-0.05, 0) is 30.4 Å². The number of benzene rings is 1. The quantitative estimate of drug-likeness (QED) is 0.700. The van der Waals surface area contributed by atoms with Crippen molar-refractivity contribution in [1.29, 1.82) is 0 Å². The van der Waals surface area contributed by atoms with Crippen LogP contribution in [0.3, 0.4) is 0 Å². The lowest BCUT2D eigenvalue weighted by Gasteiger charge is -2.05. The first-order valence-corrected chi connectivity index (χ1v) is 6.67. The lowest BCUT2D eigenvalue weighted by molar-refractivity contribution is 0.174. The van der Waals surface area contributed by atoms with Crippen molar-refractivity contribution in [3.63, 3.8) is 0 Å². The van der Waals surface area contributed by atoms with Gasteiger partial charge in [-0.1, -0.05) is 11.6 Å². The number of pyridine rings is 1. The Morgan fingerprint density at radius 1 is 1.25 bits per heavy atom. The monoisotopic (exact) mass is 305 g/mol. The average molecular weight is 306 g/mol. The van der Waals surface area contributed by atoms with E-state index < -0.39 is 0 Å². The molecule has 3 heterocycles. The van der Waals surface area contributed by atoms with Gasteiger partial charge in [0.2, 0.25) is 6.79 Å². The summed E-state index contributed by atoms with van der Waals surface area (Å²) in [5.41, 5.74) is 2.37. The summed E-state index contributed by atoms with van der Waals surface area (Å²) in [5.74, 6) is 1.43. The second-order valence-electron chi connectivity index (χ2n) is 4.33. The van der Waals surface area contributed by atoms with E-state index in [2.05, 4.69) is 9.97 Å². The highest BCUT2D eigenvalue weighted by molar-refractivity contribution is 7.71. The molecule has 2 aromatic heterocycles. The largest absolute Gasteiger partial charge is 0.454 e. The lowest BCUT2D eigenvalue weighted by Crippen LogP contribution is -1.95. The minimum atomic E-state index is 0.242. The highest BCUT2D eigenvalue weighted by Gasteiger charge is 2.16. The maximum Gasteiger partial charge on any atom is 0.231 e. The molecule has 1 aromatic carbocycles. The van der Waals surface area contributed by atoms with Crippen molar-refractivity contribution in [2.45, 2.75) is 0 Å². The summed E-state index contributed by atoms with van der Waals surface area (Å²) in [6.07, 6.45) is 1.59. The topological polar surface area (TPSA) is 52.1 Å². The van der Waals surface area contributed by atoms with E-state index in [0.29, 0.717) is 15.5 Å². The van der Waals surface area contributed by atoms with E-state index in [-0.39, 0.29) is 6.79 Å². The lowest BCUT2D eigenvalue weighted by atomic mass is 10.2. The molecule has 3 aromatic rings. The van der Waals surface area contributed by atoms with Crippen LogP contribution in [-0.4, -0.2) is 21.3 Å². The zero-order chi connectivity index (χ0) is 13.7. The van der Waals surface area contributed by atoms with Gasteiger partial charge in [-0.2, -0.15) is 0 Å². The van der Waals surface area contributed by atoms with Crippen LogP contribution in [-0.2, 0) is 0 Å². The predicted octanol–water partition coefficient (Wildman–Crippen LogP) is 3.47. The summed E-state index contributed by atoms with van der Waals surface area (Å²) in [7, 11) is 0. The Hall–Kier alpha value is -2.05. The van der Waals surface area contributed by atoms with Crippen molar-refractivity contribution < 1.29 is 9.47 Å². The van der Waals surface area contributed by atoms with Gasteiger partial charge in [-0.25, -0.2) is 4.98 Å². The van der Waals surface area contributed by atoms with Crippen molar-refractivity contribution in [2.24, 2.45) is 0 Å². The predicted molar refractivity (Wildman–Crippen MR) is 77.4 cm³/mol. The molecule has 0 saturated carbocycles. The Bertz CT molecular complexity index is 887. The minimum absolute atomic E-state index is 0.242. The molecule has 100 valence electrons. The van der Waals surface area contributed by atoms with Gasteiger partial charge < -0.3 is 14.5 Å². The number of hydrogen-bond donors (Lipinski definition) is 1. The highest BCUT2D eigenvalue weighted by Crippen LogP contribution is 2.34. The summed E-state index contributed by atoms with van der Waals surface area (Å²) in [6.45, 7) is 0.242. The zero-order valence-corrected chi connectivity index (χ0v) is 11.7. The average Bonchev–Trinajstić information content (AvgIpc) is 3.00. The Kier molecular flexibility index (Phi) is 2.48. The van der Waals surface area contributed by atoms with Crippen LogP contribution >= 0.6 is 23.8 Å². The molecule has 20 heavy (non-hydrogen) atoms. The molecule has 5 nitrogen and oxygen atoms in total. The third-order valence-corrected chi connectivity index (χ3v) is 3.60. The van der Waals surface area contributed by atoms with Gasteiger partial charge in [0.15, 0.2) is 21.9 Å². The molecule has 0 amide bonds. The van der Waals surface area contributed by atoms with Crippen molar-refractivity contribution >= 4 is 35.0 Å².